The Hall–Kier alpha value is -2.34. The predicted molar refractivity (Wildman–Crippen MR) is 88.3 cm³/mol. The van der Waals surface area contributed by atoms with Crippen LogP contribution in [-0.2, 0) is 0 Å². The molecule has 3 N–H and O–H groups in total. The average molecular weight is 363 g/mol. The first-order valence-electron chi connectivity index (χ1n) is 6.51. The van der Waals surface area contributed by atoms with Crippen molar-refractivity contribution in [2.75, 3.05) is 0 Å². The van der Waals surface area contributed by atoms with Crippen LogP contribution >= 0.6 is 15.9 Å². The fourth-order valence-corrected chi connectivity index (χ4v) is 2.20. The summed E-state index contributed by atoms with van der Waals surface area (Å²) < 4.78 is 0.844. The maximum absolute atomic E-state index is 12.0. The van der Waals surface area contributed by atoms with Crippen molar-refractivity contribution in [1.29, 1.82) is 0 Å². The lowest BCUT2D eigenvalue weighted by atomic mass is 10.1. The second kappa shape index (κ2) is 6.62. The fraction of sp³-hybridized carbons (Fsp3) is 0.125. The van der Waals surface area contributed by atoms with Crippen LogP contribution in [0.2, 0.25) is 0 Å². The van der Waals surface area contributed by atoms with Gasteiger partial charge in [-0.25, -0.2) is 5.43 Å². The van der Waals surface area contributed by atoms with Crippen molar-refractivity contribution in [3.05, 3.63) is 57.6 Å². The lowest BCUT2D eigenvalue weighted by Crippen LogP contribution is -2.19. The number of phenols is 2. The molecule has 0 aromatic heterocycles. The zero-order valence-electron chi connectivity index (χ0n) is 12.1. The number of benzene rings is 2. The predicted octanol–water partition coefficient (Wildman–Crippen LogP) is 3.32. The van der Waals surface area contributed by atoms with E-state index in [1.165, 1.54) is 18.2 Å². The molecule has 114 valence electrons. The Labute approximate surface area is 136 Å². The van der Waals surface area contributed by atoms with Gasteiger partial charge in [0.05, 0.1) is 5.71 Å². The van der Waals surface area contributed by atoms with Crippen LogP contribution in [0.5, 0.6) is 11.5 Å². The van der Waals surface area contributed by atoms with Crippen LogP contribution in [0.15, 0.2) is 46.0 Å². The van der Waals surface area contributed by atoms with Gasteiger partial charge in [-0.05, 0) is 43.7 Å². The average Bonchev–Trinajstić information content (AvgIpc) is 2.47. The number of carbonyl (C=O) groups excluding carboxylic acids is 1. The molecule has 22 heavy (non-hydrogen) atoms. The Kier molecular flexibility index (Phi) is 4.82. The van der Waals surface area contributed by atoms with Gasteiger partial charge in [0, 0.05) is 21.7 Å². The van der Waals surface area contributed by atoms with Crippen LogP contribution in [0.1, 0.15) is 28.4 Å². The van der Waals surface area contributed by atoms with E-state index in [1.54, 1.807) is 19.1 Å². The number of rotatable bonds is 3. The number of phenolic OH excluding ortho intramolecular Hbond substituents is 2. The van der Waals surface area contributed by atoms with Crippen molar-refractivity contribution >= 4 is 27.5 Å². The third kappa shape index (κ3) is 3.65. The number of nitrogens with zero attached hydrogens (tertiary/aromatic N) is 1. The lowest BCUT2D eigenvalue weighted by molar-refractivity contribution is 0.0954. The molecule has 2 aromatic rings. The highest BCUT2D eigenvalue weighted by Crippen LogP contribution is 2.23. The maximum Gasteiger partial charge on any atom is 0.271 e. The van der Waals surface area contributed by atoms with Crippen LogP contribution in [0.4, 0.5) is 0 Å². The van der Waals surface area contributed by atoms with E-state index in [0.717, 1.165) is 10.0 Å². The summed E-state index contributed by atoms with van der Waals surface area (Å²) in [4.78, 5) is 12.0. The SMILES string of the molecule is C/C(=N/NC(=O)c1ccc(C)c(Br)c1)c1ccc(O)cc1O. The first-order chi connectivity index (χ1) is 10.4. The highest BCUT2D eigenvalue weighted by atomic mass is 79.9. The van der Waals surface area contributed by atoms with Gasteiger partial charge in [-0.3, -0.25) is 4.79 Å². The van der Waals surface area contributed by atoms with E-state index in [9.17, 15) is 15.0 Å². The van der Waals surface area contributed by atoms with Crippen molar-refractivity contribution in [2.45, 2.75) is 13.8 Å². The van der Waals surface area contributed by atoms with Crippen LogP contribution in [0.25, 0.3) is 0 Å². The van der Waals surface area contributed by atoms with Gasteiger partial charge >= 0.3 is 0 Å². The highest BCUT2D eigenvalue weighted by Gasteiger charge is 2.09. The number of nitrogens with one attached hydrogen (secondary N) is 1. The van der Waals surface area contributed by atoms with E-state index >= 15 is 0 Å². The molecule has 0 fully saturated rings. The summed E-state index contributed by atoms with van der Waals surface area (Å²) in [7, 11) is 0. The Morgan fingerprint density at radius 1 is 1.18 bits per heavy atom. The number of aryl methyl sites for hydroxylation is 1. The van der Waals surface area contributed by atoms with Gasteiger partial charge in [-0.1, -0.05) is 22.0 Å². The molecule has 6 heteroatoms. The number of amides is 1. The summed E-state index contributed by atoms with van der Waals surface area (Å²) in [5, 5.41) is 23.0. The fourth-order valence-electron chi connectivity index (χ4n) is 1.82. The number of carbonyl (C=O) groups is 1. The number of hydrazone groups is 1. The van der Waals surface area contributed by atoms with Crippen molar-refractivity contribution in [2.24, 2.45) is 5.10 Å². The van der Waals surface area contributed by atoms with Gasteiger partial charge in [0.25, 0.3) is 5.91 Å². The summed E-state index contributed by atoms with van der Waals surface area (Å²) in [5.74, 6) is -0.491. The summed E-state index contributed by atoms with van der Waals surface area (Å²) >= 11 is 3.37. The second-order valence-electron chi connectivity index (χ2n) is 4.80. The molecule has 0 unspecified atom stereocenters. The Bertz CT molecular complexity index is 757. The minimum absolute atomic E-state index is 0.0393. The van der Waals surface area contributed by atoms with E-state index in [2.05, 4.69) is 26.5 Å². The van der Waals surface area contributed by atoms with Gasteiger partial charge in [0.2, 0.25) is 0 Å². The largest absolute Gasteiger partial charge is 0.508 e. The van der Waals surface area contributed by atoms with E-state index < -0.39 is 0 Å². The minimum atomic E-state index is -0.349. The standard InChI is InChI=1S/C16H15BrN2O3/c1-9-3-4-11(7-14(9)17)16(22)19-18-10(2)13-6-5-12(20)8-15(13)21/h3-8,20-21H,1-2H3,(H,19,22)/b18-10-. The van der Waals surface area contributed by atoms with E-state index in [0.29, 0.717) is 16.8 Å². The van der Waals surface area contributed by atoms with Crippen LogP contribution in [0, 0.1) is 6.92 Å². The molecular formula is C16H15BrN2O3. The van der Waals surface area contributed by atoms with Gasteiger partial charge in [0.1, 0.15) is 11.5 Å². The molecule has 0 heterocycles. The van der Waals surface area contributed by atoms with E-state index in [1.807, 2.05) is 13.0 Å². The third-order valence-corrected chi connectivity index (χ3v) is 3.98. The van der Waals surface area contributed by atoms with Crippen LogP contribution < -0.4 is 5.43 Å². The molecule has 0 bridgehead atoms. The van der Waals surface area contributed by atoms with Crippen molar-refractivity contribution in [1.82, 2.24) is 5.43 Å². The van der Waals surface area contributed by atoms with E-state index in [-0.39, 0.29) is 17.4 Å². The Morgan fingerprint density at radius 3 is 2.55 bits per heavy atom. The lowest BCUT2D eigenvalue weighted by Gasteiger charge is -2.06. The van der Waals surface area contributed by atoms with Crippen molar-refractivity contribution in [3.63, 3.8) is 0 Å². The molecule has 0 aliphatic rings. The molecule has 0 atom stereocenters. The van der Waals surface area contributed by atoms with Gasteiger partial charge in [-0.2, -0.15) is 5.10 Å². The molecule has 2 aromatic carbocycles. The Balaban J connectivity index is 2.16. The molecular weight excluding hydrogens is 348 g/mol. The molecule has 5 nitrogen and oxygen atoms in total. The monoisotopic (exact) mass is 362 g/mol. The van der Waals surface area contributed by atoms with Crippen molar-refractivity contribution in [3.8, 4) is 11.5 Å². The second-order valence-corrected chi connectivity index (χ2v) is 5.66. The number of halogens is 1. The molecule has 0 saturated carbocycles. The van der Waals surface area contributed by atoms with Crippen molar-refractivity contribution < 1.29 is 15.0 Å². The Morgan fingerprint density at radius 2 is 1.91 bits per heavy atom. The zero-order chi connectivity index (χ0) is 16.3. The normalized spacial score (nSPS) is 11.3. The molecule has 0 radical (unpaired) electrons. The van der Waals surface area contributed by atoms with Gasteiger partial charge in [0.15, 0.2) is 0 Å². The molecule has 0 saturated heterocycles. The van der Waals surface area contributed by atoms with Gasteiger partial charge < -0.3 is 10.2 Å². The smallest absolute Gasteiger partial charge is 0.271 e. The van der Waals surface area contributed by atoms with Gasteiger partial charge in [-0.15, -0.1) is 0 Å². The maximum atomic E-state index is 12.0. The van der Waals surface area contributed by atoms with Crippen LogP contribution in [-0.4, -0.2) is 21.8 Å². The first-order valence-corrected chi connectivity index (χ1v) is 7.31. The minimum Gasteiger partial charge on any atom is -0.508 e. The number of aromatic hydroxyl groups is 2. The number of hydrogen-bond acceptors (Lipinski definition) is 4. The molecule has 0 aliphatic carbocycles. The number of hydrogen-bond donors (Lipinski definition) is 3. The van der Waals surface area contributed by atoms with Crippen LogP contribution in [0.3, 0.4) is 0 Å². The zero-order valence-corrected chi connectivity index (χ0v) is 13.7. The van der Waals surface area contributed by atoms with E-state index in [4.69, 9.17) is 0 Å². The topological polar surface area (TPSA) is 81.9 Å². The molecule has 0 aliphatic heterocycles. The quantitative estimate of drug-likeness (QED) is 0.578. The first kappa shape index (κ1) is 16.0. The third-order valence-electron chi connectivity index (χ3n) is 3.13. The summed E-state index contributed by atoms with van der Waals surface area (Å²) in [5.41, 5.74) is 4.81. The molecule has 2 rings (SSSR count). The summed E-state index contributed by atoms with van der Waals surface area (Å²) in [6.07, 6.45) is 0. The summed E-state index contributed by atoms with van der Waals surface area (Å²) in [6, 6.07) is 9.44. The summed E-state index contributed by atoms with van der Waals surface area (Å²) in [6.45, 7) is 3.58. The molecule has 1 amide bonds. The highest BCUT2D eigenvalue weighted by molar-refractivity contribution is 9.10. The molecule has 0 spiro atoms.